The molecule has 0 saturated heterocycles. The maximum atomic E-state index is 12.4. The third-order valence-corrected chi connectivity index (χ3v) is 4.69. The average molecular weight is 336 g/mol. The number of fused-ring (bicyclic) bond motifs is 1. The highest BCUT2D eigenvalue weighted by molar-refractivity contribution is 7.16. The number of allylic oxidation sites excluding steroid dienone is 1. The molecule has 0 bridgehead atoms. The molecule has 0 saturated carbocycles. The van der Waals surface area contributed by atoms with Crippen molar-refractivity contribution in [3.63, 3.8) is 0 Å². The molecule has 3 aromatic rings. The summed E-state index contributed by atoms with van der Waals surface area (Å²) in [5, 5.41) is 0. The molecule has 24 heavy (non-hydrogen) atoms. The quantitative estimate of drug-likeness (QED) is 0.537. The molecule has 0 aliphatic rings. The number of aromatic nitrogens is 1. The molecule has 4 nitrogen and oxygen atoms in total. The molecule has 2 aromatic carbocycles. The summed E-state index contributed by atoms with van der Waals surface area (Å²) < 4.78 is 3.03. The van der Waals surface area contributed by atoms with Crippen LogP contribution in [0, 0.1) is 0 Å². The molecule has 0 radical (unpaired) electrons. The predicted octanol–water partition coefficient (Wildman–Crippen LogP) is 3.83. The average Bonchev–Trinajstić information content (AvgIpc) is 2.93. The number of carbonyl (C=O) groups excluding carboxylic acids is 2. The van der Waals surface area contributed by atoms with Crippen LogP contribution in [0.25, 0.3) is 10.2 Å². The first-order chi connectivity index (χ1) is 11.6. The van der Waals surface area contributed by atoms with Crippen molar-refractivity contribution in [2.24, 2.45) is 4.99 Å². The fraction of sp³-hybridized carbons (Fsp3) is 0.105. The van der Waals surface area contributed by atoms with Crippen molar-refractivity contribution in [3.05, 3.63) is 77.1 Å². The standard InChI is InChI=1S/C19H16N2O2S/c1-3-12-21-16-6-4-5-7-17(16)24-19(21)20-18(23)15-10-8-14(9-11-15)13(2)22/h3-11H,1,12H2,2H3. The summed E-state index contributed by atoms with van der Waals surface area (Å²) in [4.78, 5) is 28.7. The monoisotopic (exact) mass is 336 g/mol. The van der Waals surface area contributed by atoms with Crippen molar-refractivity contribution in [2.45, 2.75) is 13.5 Å². The number of amides is 1. The van der Waals surface area contributed by atoms with Crippen LogP contribution in [0.4, 0.5) is 0 Å². The fourth-order valence-electron chi connectivity index (χ4n) is 2.41. The zero-order valence-corrected chi connectivity index (χ0v) is 14.0. The summed E-state index contributed by atoms with van der Waals surface area (Å²) >= 11 is 1.47. The minimum Gasteiger partial charge on any atom is -0.312 e. The van der Waals surface area contributed by atoms with Crippen molar-refractivity contribution in [2.75, 3.05) is 0 Å². The molecule has 1 aromatic heterocycles. The van der Waals surface area contributed by atoms with Gasteiger partial charge in [0, 0.05) is 17.7 Å². The van der Waals surface area contributed by atoms with Gasteiger partial charge in [0.25, 0.3) is 5.91 Å². The lowest BCUT2D eigenvalue weighted by atomic mass is 10.1. The number of nitrogens with zero attached hydrogens (tertiary/aromatic N) is 2. The summed E-state index contributed by atoms with van der Waals surface area (Å²) in [5.74, 6) is -0.353. The van der Waals surface area contributed by atoms with Crippen molar-refractivity contribution in [3.8, 4) is 0 Å². The molecule has 0 spiro atoms. The SMILES string of the molecule is C=CCn1c(=NC(=O)c2ccc(C(C)=O)cc2)sc2ccccc21. The first-order valence-electron chi connectivity index (χ1n) is 7.49. The van der Waals surface area contributed by atoms with E-state index in [0.717, 1.165) is 10.2 Å². The van der Waals surface area contributed by atoms with E-state index in [-0.39, 0.29) is 11.7 Å². The Bertz CT molecular complexity index is 994. The van der Waals surface area contributed by atoms with E-state index in [9.17, 15) is 9.59 Å². The lowest BCUT2D eigenvalue weighted by molar-refractivity contribution is 0.0991. The highest BCUT2D eigenvalue weighted by Crippen LogP contribution is 2.17. The van der Waals surface area contributed by atoms with Crippen LogP contribution in [0.1, 0.15) is 27.6 Å². The Morgan fingerprint density at radius 1 is 1.12 bits per heavy atom. The number of thiazole rings is 1. The Kier molecular flexibility index (Phi) is 4.53. The van der Waals surface area contributed by atoms with Gasteiger partial charge < -0.3 is 4.57 Å². The Hall–Kier alpha value is -2.79. The number of hydrogen-bond donors (Lipinski definition) is 0. The van der Waals surface area contributed by atoms with Gasteiger partial charge in [0.05, 0.1) is 10.2 Å². The summed E-state index contributed by atoms with van der Waals surface area (Å²) in [5.41, 5.74) is 2.07. The molecule has 0 fully saturated rings. The predicted molar refractivity (Wildman–Crippen MR) is 96.4 cm³/mol. The molecule has 1 amide bonds. The van der Waals surface area contributed by atoms with Crippen molar-refractivity contribution >= 4 is 33.2 Å². The van der Waals surface area contributed by atoms with E-state index >= 15 is 0 Å². The Labute approximate surface area is 143 Å². The van der Waals surface area contributed by atoms with E-state index in [1.165, 1.54) is 18.3 Å². The van der Waals surface area contributed by atoms with Crippen LogP contribution in [0.5, 0.6) is 0 Å². The molecule has 1 heterocycles. The van der Waals surface area contributed by atoms with E-state index in [4.69, 9.17) is 0 Å². The van der Waals surface area contributed by atoms with Gasteiger partial charge in [0.15, 0.2) is 10.6 Å². The van der Waals surface area contributed by atoms with Gasteiger partial charge in [-0.05, 0) is 31.2 Å². The smallest absolute Gasteiger partial charge is 0.279 e. The van der Waals surface area contributed by atoms with Crippen LogP contribution in [0.2, 0.25) is 0 Å². The minimum absolute atomic E-state index is 0.0285. The maximum Gasteiger partial charge on any atom is 0.279 e. The fourth-order valence-corrected chi connectivity index (χ4v) is 3.45. The number of Topliss-reactive ketones (excluding diaryl/α,β-unsaturated/α-hetero) is 1. The normalized spacial score (nSPS) is 11.6. The number of ketones is 1. The molecule has 3 rings (SSSR count). The van der Waals surface area contributed by atoms with Crippen LogP contribution in [-0.2, 0) is 6.54 Å². The van der Waals surface area contributed by atoms with Crippen LogP contribution < -0.4 is 4.80 Å². The van der Waals surface area contributed by atoms with Crippen molar-refractivity contribution in [1.29, 1.82) is 0 Å². The highest BCUT2D eigenvalue weighted by Gasteiger charge is 2.09. The second-order valence-corrected chi connectivity index (χ2v) is 6.31. The second kappa shape index (κ2) is 6.76. The largest absolute Gasteiger partial charge is 0.312 e. The topological polar surface area (TPSA) is 51.4 Å². The number of para-hydroxylation sites is 1. The molecule has 0 unspecified atom stereocenters. The molecule has 0 N–H and O–H groups in total. The Balaban J connectivity index is 2.05. The highest BCUT2D eigenvalue weighted by atomic mass is 32.1. The zero-order valence-electron chi connectivity index (χ0n) is 13.2. The molecular weight excluding hydrogens is 320 g/mol. The number of carbonyl (C=O) groups is 2. The first-order valence-corrected chi connectivity index (χ1v) is 8.31. The molecule has 120 valence electrons. The summed E-state index contributed by atoms with van der Waals surface area (Å²) in [7, 11) is 0. The zero-order chi connectivity index (χ0) is 17.1. The maximum absolute atomic E-state index is 12.4. The number of hydrogen-bond acceptors (Lipinski definition) is 3. The van der Waals surface area contributed by atoms with Crippen LogP contribution in [0.3, 0.4) is 0 Å². The third kappa shape index (κ3) is 3.12. The minimum atomic E-state index is -0.325. The Morgan fingerprint density at radius 2 is 1.79 bits per heavy atom. The Morgan fingerprint density at radius 3 is 2.46 bits per heavy atom. The second-order valence-electron chi connectivity index (χ2n) is 5.30. The van der Waals surface area contributed by atoms with Crippen LogP contribution in [0.15, 0.2) is 66.2 Å². The van der Waals surface area contributed by atoms with Gasteiger partial charge >= 0.3 is 0 Å². The van der Waals surface area contributed by atoms with E-state index in [1.54, 1.807) is 30.3 Å². The van der Waals surface area contributed by atoms with Gasteiger partial charge in [0.2, 0.25) is 0 Å². The van der Waals surface area contributed by atoms with Gasteiger partial charge in [-0.3, -0.25) is 9.59 Å². The van der Waals surface area contributed by atoms with Gasteiger partial charge in [-0.1, -0.05) is 41.7 Å². The third-order valence-electron chi connectivity index (χ3n) is 3.64. The van der Waals surface area contributed by atoms with Crippen molar-refractivity contribution in [1.82, 2.24) is 4.57 Å². The van der Waals surface area contributed by atoms with Crippen LogP contribution >= 0.6 is 11.3 Å². The summed E-state index contributed by atoms with van der Waals surface area (Å²) in [6.07, 6.45) is 1.78. The van der Waals surface area contributed by atoms with Gasteiger partial charge in [-0.2, -0.15) is 4.99 Å². The van der Waals surface area contributed by atoms with E-state index in [1.807, 2.05) is 28.8 Å². The van der Waals surface area contributed by atoms with Crippen molar-refractivity contribution < 1.29 is 9.59 Å². The van der Waals surface area contributed by atoms with Gasteiger partial charge in [-0.25, -0.2) is 0 Å². The van der Waals surface area contributed by atoms with E-state index in [0.29, 0.717) is 22.5 Å². The molecule has 5 heteroatoms. The lowest BCUT2D eigenvalue weighted by Crippen LogP contribution is -2.16. The number of benzene rings is 2. The molecule has 0 aliphatic carbocycles. The van der Waals surface area contributed by atoms with Gasteiger partial charge in [0.1, 0.15) is 0 Å². The molecule has 0 aliphatic heterocycles. The van der Waals surface area contributed by atoms with Gasteiger partial charge in [-0.15, -0.1) is 6.58 Å². The molecule has 0 atom stereocenters. The van der Waals surface area contributed by atoms with E-state index < -0.39 is 0 Å². The van der Waals surface area contributed by atoms with E-state index in [2.05, 4.69) is 11.6 Å². The summed E-state index contributed by atoms with van der Waals surface area (Å²) in [6, 6.07) is 14.5. The molecular formula is C19H16N2O2S. The van der Waals surface area contributed by atoms with Crippen LogP contribution in [-0.4, -0.2) is 16.3 Å². The first kappa shape index (κ1) is 16.1. The number of rotatable bonds is 4. The lowest BCUT2D eigenvalue weighted by Gasteiger charge is -2.01. The summed E-state index contributed by atoms with van der Waals surface area (Å²) in [6.45, 7) is 5.85.